The standard InChI is InChI=1S/C13H19F3N4O2/c1-12(2,3)17-11(21)20-6-4-8(5-7-20)9-18-19-10(22-9)13(14,15)16/h8H,4-7H2,1-3H3,(H,17,21). The largest absolute Gasteiger partial charge is 0.470 e. The molecule has 2 rings (SSSR count). The molecule has 0 radical (unpaired) electrons. The van der Waals surface area contributed by atoms with E-state index in [1.165, 1.54) is 0 Å². The molecule has 22 heavy (non-hydrogen) atoms. The summed E-state index contributed by atoms with van der Waals surface area (Å²) in [5.41, 5.74) is -0.331. The Bertz CT molecular complexity index is 528. The zero-order chi connectivity index (χ0) is 16.5. The number of likely N-dealkylation sites (tertiary alicyclic amines) is 1. The van der Waals surface area contributed by atoms with Crippen LogP contribution in [0.25, 0.3) is 0 Å². The Balaban J connectivity index is 1.92. The molecule has 0 aliphatic carbocycles. The Morgan fingerprint density at radius 1 is 1.23 bits per heavy atom. The molecule has 1 fully saturated rings. The SMILES string of the molecule is CC(C)(C)NC(=O)N1CCC(c2nnc(C(F)(F)F)o2)CC1. The molecule has 0 saturated carbocycles. The van der Waals surface area contributed by atoms with Crippen LogP contribution in [0.15, 0.2) is 4.42 Å². The fourth-order valence-corrected chi connectivity index (χ4v) is 2.24. The van der Waals surface area contributed by atoms with Crippen LogP contribution in [0.3, 0.4) is 0 Å². The second kappa shape index (κ2) is 5.77. The molecule has 1 N–H and O–H groups in total. The molecule has 6 nitrogen and oxygen atoms in total. The van der Waals surface area contributed by atoms with Gasteiger partial charge in [0, 0.05) is 24.5 Å². The van der Waals surface area contributed by atoms with E-state index in [2.05, 4.69) is 15.5 Å². The highest BCUT2D eigenvalue weighted by molar-refractivity contribution is 5.75. The molecule has 1 saturated heterocycles. The lowest BCUT2D eigenvalue weighted by Crippen LogP contribution is -2.50. The summed E-state index contributed by atoms with van der Waals surface area (Å²) in [6, 6.07) is -0.174. The predicted molar refractivity (Wildman–Crippen MR) is 71.1 cm³/mol. The molecule has 0 spiro atoms. The van der Waals surface area contributed by atoms with Gasteiger partial charge in [-0.1, -0.05) is 0 Å². The van der Waals surface area contributed by atoms with E-state index in [1.54, 1.807) is 4.90 Å². The molecule has 1 aliphatic heterocycles. The highest BCUT2D eigenvalue weighted by Gasteiger charge is 2.39. The first kappa shape index (κ1) is 16.6. The monoisotopic (exact) mass is 320 g/mol. The van der Waals surface area contributed by atoms with Crippen molar-refractivity contribution in [3.63, 3.8) is 0 Å². The predicted octanol–water partition coefficient (Wildman–Crippen LogP) is 2.78. The number of urea groups is 1. The molecule has 1 aliphatic rings. The summed E-state index contributed by atoms with van der Waals surface area (Å²) in [5, 5.41) is 9.36. The van der Waals surface area contributed by atoms with Crippen LogP contribution < -0.4 is 5.32 Å². The molecule has 2 amide bonds. The van der Waals surface area contributed by atoms with Crippen molar-refractivity contribution < 1.29 is 22.4 Å². The van der Waals surface area contributed by atoms with Crippen molar-refractivity contribution in [1.82, 2.24) is 20.4 Å². The third-order valence-corrected chi connectivity index (χ3v) is 3.30. The number of alkyl halides is 3. The van der Waals surface area contributed by atoms with Crippen LogP contribution in [0.4, 0.5) is 18.0 Å². The number of amides is 2. The quantitative estimate of drug-likeness (QED) is 0.864. The van der Waals surface area contributed by atoms with Crippen LogP contribution in [0.2, 0.25) is 0 Å². The van der Waals surface area contributed by atoms with Gasteiger partial charge >= 0.3 is 18.1 Å². The number of nitrogens with one attached hydrogen (secondary N) is 1. The van der Waals surface area contributed by atoms with Gasteiger partial charge in [0.05, 0.1) is 0 Å². The number of piperidine rings is 1. The smallest absolute Gasteiger partial charge is 0.417 e. The van der Waals surface area contributed by atoms with Crippen molar-refractivity contribution in [3.05, 3.63) is 11.8 Å². The van der Waals surface area contributed by atoms with E-state index in [4.69, 9.17) is 4.42 Å². The van der Waals surface area contributed by atoms with Gasteiger partial charge in [-0.05, 0) is 33.6 Å². The Morgan fingerprint density at radius 2 is 1.82 bits per heavy atom. The average Bonchev–Trinajstić information content (AvgIpc) is 2.86. The number of hydrogen-bond acceptors (Lipinski definition) is 4. The third kappa shape index (κ3) is 4.11. The van der Waals surface area contributed by atoms with Crippen LogP contribution in [-0.2, 0) is 6.18 Å². The van der Waals surface area contributed by atoms with Gasteiger partial charge in [0.25, 0.3) is 0 Å². The fourth-order valence-electron chi connectivity index (χ4n) is 2.24. The van der Waals surface area contributed by atoms with E-state index in [9.17, 15) is 18.0 Å². The molecule has 2 heterocycles. The first-order chi connectivity index (χ1) is 10.1. The van der Waals surface area contributed by atoms with Crippen LogP contribution in [-0.4, -0.2) is 39.8 Å². The molecule has 1 aromatic heterocycles. The Kier molecular flexibility index (Phi) is 4.35. The van der Waals surface area contributed by atoms with E-state index in [0.29, 0.717) is 25.9 Å². The molecule has 124 valence electrons. The van der Waals surface area contributed by atoms with Gasteiger partial charge in [0.1, 0.15) is 0 Å². The van der Waals surface area contributed by atoms with Crippen molar-refractivity contribution in [2.24, 2.45) is 0 Å². The lowest BCUT2D eigenvalue weighted by molar-refractivity contribution is -0.157. The number of nitrogens with zero attached hydrogens (tertiary/aromatic N) is 3. The highest BCUT2D eigenvalue weighted by Crippen LogP contribution is 2.32. The molecule has 1 aromatic rings. The van der Waals surface area contributed by atoms with Crippen LogP contribution in [0.1, 0.15) is 51.3 Å². The van der Waals surface area contributed by atoms with Crippen molar-refractivity contribution in [3.8, 4) is 0 Å². The first-order valence-electron chi connectivity index (χ1n) is 7.04. The second-order valence-electron chi connectivity index (χ2n) is 6.38. The van der Waals surface area contributed by atoms with Gasteiger partial charge in [-0.25, -0.2) is 4.79 Å². The highest BCUT2D eigenvalue weighted by atomic mass is 19.4. The van der Waals surface area contributed by atoms with E-state index in [0.717, 1.165) is 0 Å². The molecular formula is C13H19F3N4O2. The van der Waals surface area contributed by atoms with Gasteiger partial charge in [0.15, 0.2) is 0 Å². The van der Waals surface area contributed by atoms with Crippen LogP contribution in [0, 0.1) is 0 Å². The summed E-state index contributed by atoms with van der Waals surface area (Å²) in [4.78, 5) is 13.6. The third-order valence-electron chi connectivity index (χ3n) is 3.30. The van der Waals surface area contributed by atoms with E-state index < -0.39 is 12.1 Å². The van der Waals surface area contributed by atoms with Crippen molar-refractivity contribution in [2.45, 2.75) is 51.2 Å². The summed E-state index contributed by atoms with van der Waals surface area (Å²) < 4.78 is 42.0. The van der Waals surface area contributed by atoms with Crippen LogP contribution in [0.5, 0.6) is 0 Å². The van der Waals surface area contributed by atoms with Gasteiger partial charge in [0.2, 0.25) is 5.89 Å². The fraction of sp³-hybridized carbons (Fsp3) is 0.769. The first-order valence-corrected chi connectivity index (χ1v) is 7.04. The lowest BCUT2D eigenvalue weighted by Gasteiger charge is -2.33. The Labute approximate surface area is 126 Å². The second-order valence-corrected chi connectivity index (χ2v) is 6.38. The van der Waals surface area contributed by atoms with E-state index in [-0.39, 0.29) is 23.4 Å². The van der Waals surface area contributed by atoms with Crippen LogP contribution >= 0.6 is 0 Å². The van der Waals surface area contributed by atoms with Crippen molar-refractivity contribution >= 4 is 6.03 Å². The number of halogens is 3. The number of rotatable bonds is 1. The number of hydrogen-bond donors (Lipinski definition) is 1. The molecule has 0 aromatic carbocycles. The molecular weight excluding hydrogens is 301 g/mol. The summed E-state index contributed by atoms with van der Waals surface area (Å²) >= 11 is 0. The minimum absolute atomic E-state index is 0.0109. The zero-order valence-corrected chi connectivity index (χ0v) is 12.7. The maximum atomic E-state index is 12.4. The number of carbonyl (C=O) groups is 1. The maximum absolute atomic E-state index is 12.4. The molecule has 9 heteroatoms. The normalized spacial score (nSPS) is 17.6. The summed E-state index contributed by atoms with van der Waals surface area (Å²) in [6.45, 7) is 6.53. The van der Waals surface area contributed by atoms with Crippen molar-refractivity contribution in [1.29, 1.82) is 0 Å². The topological polar surface area (TPSA) is 71.3 Å². The minimum atomic E-state index is -4.63. The van der Waals surface area contributed by atoms with E-state index >= 15 is 0 Å². The Morgan fingerprint density at radius 3 is 2.27 bits per heavy atom. The maximum Gasteiger partial charge on any atom is 0.470 e. The Hall–Kier alpha value is -1.80. The summed E-state index contributed by atoms with van der Waals surface area (Å²) in [7, 11) is 0. The number of carbonyl (C=O) groups excluding carboxylic acids is 1. The van der Waals surface area contributed by atoms with Gasteiger partial charge in [-0.3, -0.25) is 0 Å². The van der Waals surface area contributed by atoms with E-state index in [1.807, 2.05) is 20.8 Å². The average molecular weight is 320 g/mol. The van der Waals surface area contributed by atoms with Gasteiger partial charge in [-0.2, -0.15) is 13.2 Å². The summed E-state index contributed by atoms with van der Waals surface area (Å²) in [5.74, 6) is -1.58. The molecule has 0 bridgehead atoms. The van der Waals surface area contributed by atoms with Gasteiger partial charge < -0.3 is 14.6 Å². The number of aromatic nitrogens is 2. The minimum Gasteiger partial charge on any atom is -0.417 e. The molecule has 0 atom stereocenters. The van der Waals surface area contributed by atoms with Gasteiger partial charge in [-0.15, -0.1) is 10.2 Å². The zero-order valence-electron chi connectivity index (χ0n) is 12.7. The summed E-state index contributed by atoms with van der Waals surface area (Å²) in [6.07, 6.45) is -3.63. The molecule has 0 unspecified atom stereocenters. The lowest BCUT2D eigenvalue weighted by atomic mass is 9.97. The van der Waals surface area contributed by atoms with Crippen molar-refractivity contribution in [2.75, 3.05) is 13.1 Å².